The van der Waals surface area contributed by atoms with Crippen LogP contribution < -0.4 is 0 Å². The molecule has 0 aliphatic carbocycles. The highest BCUT2D eigenvalue weighted by atomic mass is 32.1. The normalized spacial score (nSPS) is 22.5. The lowest BCUT2D eigenvalue weighted by Crippen LogP contribution is -2.47. The minimum atomic E-state index is 0.0826. The second-order valence-electron chi connectivity index (χ2n) is 7.73. The van der Waals surface area contributed by atoms with E-state index in [0.717, 1.165) is 52.1 Å². The molecule has 0 aromatic carbocycles. The zero-order chi connectivity index (χ0) is 18.5. The Morgan fingerprint density at radius 3 is 2.85 bits per heavy atom. The van der Waals surface area contributed by atoms with Crippen LogP contribution in [0.15, 0.2) is 30.0 Å². The van der Waals surface area contributed by atoms with Gasteiger partial charge in [0.25, 0.3) is 0 Å². The van der Waals surface area contributed by atoms with Gasteiger partial charge in [0.05, 0.1) is 23.4 Å². The quantitative estimate of drug-likeness (QED) is 0.676. The number of hydrogen-bond acceptors (Lipinski definition) is 6. The maximum atomic E-state index is 6.32. The van der Waals surface area contributed by atoms with E-state index in [1.165, 1.54) is 22.6 Å². The summed E-state index contributed by atoms with van der Waals surface area (Å²) in [6.45, 7) is 7.76. The average Bonchev–Trinajstić information content (AvgIpc) is 3.28. The first-order chi connectivity index (χ1) is 13.3. The van der Waals surface area contributed by atoms with Crippen LogP contribution in [0.5, 0.6) is 0 Å². The van der Waals surface area contributed by atoms with Gasteiger partial charge < -0.3 is 9.47 Å². The maximum Gasteiger partial charge on any atom is 0.0798 e. The van der Waals surface area contributed by atoms with Gasteiger partial charge in [0, 0.05) is 50.1 Å². The minimum absolute atomic E-state index is 0.0826. The summed E-state index contributed by atoms with van der Waals surface area (Å²) >= 11 is 1.77. The molecule has 2 aliphatic heterocycles. The predicted molar refractivity (Wildman–Crippen MR) is 107 cm³/mol. The molecule has 1 spiro atoms. The highest BCUT2D eigenvalue weighted by molar-refractivity contribution is 7.09. The summed E-state index contributed by atoms with van der Waals surface area (Å²) in [6, 6.07) is 4.03. The first kappa shape index (κ1) is 19.0. The number of rotatable bonds is 7. The average molecular weight is 388 g/mol. The number of hydrogen-bond donors (Lipinski definition) is 0. The molecular formula is C21H29N3O2S. The molecule has 0 bridgehead atoms. The lowest BCUT2D eigenvalue weighted by molar-refractivity contribution is -0.0732. The largest absolute Gasteiger partial charge is 0.377 e. The van der Waals surface area contributed by atoms with Gasteiger partial charge in [-0.1, -0.05) is 0 Å². The Hall–Kier alpha value is -1.34. The molecule has 4 rings (SSSR count). The van der Waals surface area contributed by atoms with E-state index in [9.17, 15) is 0 Å². The number of aromatic nitrogens is 2. The van der Waals surface area contributed by atoms with Crippen molar-refractivity contribution in [3.05, 3.63) is 46.2 Å². The van der Waals surface area contributed by atoms with Crippen molar-refractivity contribution in [1.82, 2.24) is 14.9 Å². The third-order valence-electron chi connectivity index (χ3n) is 6.14. The molecule has 2 aliphatic rings. The van der Waals surface area contributed by atoms with Gasteiger partial charge in [0.2, 0.25) is 0 Å². The summed E-state index contributed by atoms with van der Waals surface area (Å²) < 4.78 is 12.2. The molecule has 27 heavy (non-hydrogen) atoms. The third kappa shape index (κ3) is 4.57. The van der Waals surface area contributed by atoms with E-state index in [-0.39, 0.29) is 5.60 Å². The van der Waals surface area contributed by atoms with Gasteiger partial charge in [0.1, 0.15) is 0 Å². The molecule has 4 heterocycles. The molecule has 146 valence electrons. The number of ether oxygens (including phenoxy) is 2. The van der Waals surface area contributed by atoms with Crippen LogP contribution in [-0.2, 0) is 22.6 Å². The first-order valence-corrected chi connectivity index (χ1v) is 10.8. The van der Waals surface area contributed by atoms with E-state index in [0.29, 0.717) is 12.5 Å². The molecule has 2 aromatic heterocycles. The maximum absolute atomic E-state index is 6.32. The summed E-state index contributed by atoms with van der Waals surface area (Å²) in [5.74, 6) is 0.627. The first-order valence-electron chi connectivity index (χ1n) is 9.97. The van der Waals surface area contributed by atoms with Crippen LogP contribution in [0.1, 0.15) is 41.8 Å². The molecule has 1 atom stereocenters. The fraction of sp³-hybridized carbons (Fsp3) is 0.619. The summed E-state index contributed by atoms with van der Waals surface area (Å²) in [6.07, 6.45) is 8.19. The van der Waals surface area contributed by atoms with E-state index in [1.54, 1.807) is 11.3 Å². The molecule has 0 saturated carbocycles. The zero-order valence-corrected chi connectivity index (χ0v) is 16.9. The lowest BCUT2D eigenvalue weighted by atomic mass is 9.78. The number of piperidine rings is 1. The van der Waals surface area contributed by atoms with Crippen molar-refractivity contribution >= 4 is 11.3 Å². The van der Waals surface area contributed by atoms with Gasteiger partial charge >= 0.3 is 0 Å². The Kier molecular flexibility index (Phi) is 6.18. The van der Waals surface area contributed by atoms with Crippen LogP contribution in [-0.4, -0.2) is 46.8 Å². The van der Waals surface area contributed by atoms with Gasteiger partial charge in [-0.15, -0.1) is 11.3 Å². The van der Waals surface area contributed by atoms with Crippen LogP contribution in [0, 0.1) is 12.8 Å². The summed E-state index contributed by atoms with van der Waals surface area (Å²) in [5.41, 5.74) is 4.41. The number of likely N-dealkylation sites (tertiary alicyclic amines) is 1. The van der Waals surface area contributed by atoms with E-state index >= 15 is 0 Å². The minimum Gasteiger partial charge on any atom is -0.377 e. The Morgan fingerprint density at radius 1 is 1.30 bits per heavy atom. The molecular weight excluding hydrogens is 358 g/mol. The Morgan fingerprint density at radius 2 is 2.11 bits per heavy atom. The smallest absolute Gasteiger partial charge is 0.0798 e. The van der Waals surface area contributed by atoms with Crippen molar-refractivity contribution in [3.63, 3.8) is 0 Å². The molecule has 2 fully saturated rings. The summed E-state index contributed by atoms with van der Waals surface area (Å²) in [5, 5.41) is 0. The van der Waals surface area contributed by atoms with Crippen LogP contribution >= 0.6 is 11.3 Å². The molecule has 0 amide bonds. The van der Waals surface area contributed by atoms with Crippen LogP contribution in [0.4, 0.5) is 0 Å². The topological polar surface area (TPSA) is 47.5 Å². The predicted octanol–water partition coefficient (Wildman–Crippen LogP) is 3.82. The summed E-state index contributed by atoms with van der Waals surface area (Å²) in [4.78, 5) is 12.4. The van der Waals surface area contributed by atoms with E-state index in [2.05, 4.69) is 21.8 Å². The fourth-order valence-corrected chi connectivity index (χ4v) is 5.23. The van der Waals surface area contributed by atoms with Crippen LogP contribution in [0.2, 0.25) is 0 Å². The van der Waals surface area contributed by atoms with Crippen molar-refractivity contribution in [2.24, 2.45) is 5.92 Å². The molecule has 0 N–H and O–H groups in total. The Labute approximate surface area is 165 Å². The Balaban J connectivity index is 1.24. The SMILES string of the molecule is Cc1ncsc1CN1CCC2(CC1)OCC[C@H]2CCOCc1ccncc1. The van der Waals surface area contributed by atoms with Gasteiger partial charge in [-0.3, -0.25) is 9.88 Å². The number of pyridine rings is 1. The van der Waals surface area contributed by atoms with Crippen LogP contribution in [0.3, 0.4) is 0 Å². The molecule has 2 saturated heterocycles. The number of aryl methyl sites for hydroxylation is 1. The van der Waals surface area contributed by atoms with E-state index in [1.807, 2.05) is 30.0 Å². The van der Waals surface area contributed by atoms with Crippen molar-refractivity contribution in [3.8, 4) is 0 Å². The Bertz CT molecular complexity index is 713. The fourth-order valence-electron chi connectivity index (χ4n) is 4.41. The highest BCUT2D eigenvalue weighted by Crippen LogP contribution is 2.42. The highest BCUT2D eigenvalue weighted by Gasteiger charge is 2.45. The van der Waals surface area contributed by atoms with Gasteiger partial charge in [-0.2, -0.15) is 0 Å². The van der Waals surface area contributed by atoms with E-state index < -0.39 is 0 Å². The van der Waals surface area contributed by atoms with Gasteiger partial charge in [-0.05, 0) is 56.2 Å². The monoisotopic (exact) mass is 387 g/mol. The van der Waals surface area contributed by atoms with E-state index in [4.69, 9.17) is 9.47 Å². The third-order valence-corrected chi connectivity index (χ3v) is 7.06. The van der Waals surface area contributed by atoms with Crippen molar-refractivity contribution in [2.75, 3.05) is 26.3 Å². The zero-order valence-electron chi connectivity index (χ0n) is 16.1. The van der Waals surface area contributed by atoms with Gasteiger partial charge in [0.15, 0.2) is 0 Å². The molecule has 5 nitrogen and oxygen atoms in total. The summed E-state index contributed by atoms with van der Waals surface area (Å²) in [7, 11) is 0. The van der Waals surface area contributed by atoms with Gasteiger partial charge in [-0.25, -0.2) is 4.98 Å². The van der Waals surface area contributed by atoms with Crippen molar-refractivity contribution in [1.29, 1.82) is 0 Å². The number of nitrogens with zero attached hydrogens (tertiary/aromatic N) is 3. The van der Waals surface area contributed by atoms with Crippen molar-refractivity contribution < 1.29 is 9.47 Å². The molecule has 6 heteroatoms. The molecule has 2 aromatic rings. The number of thiazole rings is 1. The molecule has 0 radical (unpaired) electrons. The lowest BCUT2D eigenvalue weighted by Gasteiger charge is -2.42. The standard InChI is InChI=1S/C21H29N3O2S/c1-17-20(27-16-23-17)14-24-10-6-21(7-11-24)19(5-13-26-21)4-12-25-15-18-2-8-22-9-3-18/h2-3,8-9,16,19H,4-7,10-15H2,1H3/t19-/m1/s1. The van der Waals surface area contributed by atoms with Crippen LogP contribution in [0.25, 0.3) is 0 Å². The molecule has 0 unspecified atom stereocenters. The second-order valence-corrected chi connectivity index (χ2v) is 8.67. The second kappa shape index (κ2) is 8.78. The van der Waals surface area contributed by atoms with Crippen molar-refractivity contribution in [2.45, 2.75) is 51.4 Å².